The van der Waals surface area contributed by atoms with E-state index in [1.54, 1.807) is 12.1 Å². The molecule has 0 saturated heterocycles. The third-order valence-electron chi connectivity index (χ3n) is 4.53. The molecule has 0 spiro atoms. The summed E-state index contributed by atoms with van der Waals surface area (Å²) in [5, 5.41) is 11.8. The molecule has 27 heavy (non-hydrogen) atoms. The number of carboxylic acids is 1. The number of aromatic nitrogens is 1. The van der Waals surface area contributed by atoms with Gasteiger partial charge in [0.2, 0.25) is 5.88 Å². The molecule has 1 fully saturated rings. The normalized spacial score (nSPS) is 14.4. The lowest BCUT2D eigenvalue weighted by Gasteiger charge is -2.22. The molecule has 7 nitrogen and oxygen atoms in total. The number of carbonyl (C=O) groups excluding carboxylic acids is 1. The minimum Gasteiger partial charge on any atom is -0.495 e. The fourth-order valence-electron chi connectivity index (χ4n) is 3.09. The summed E-state index contributed by atoms with van der Waals surface area (Å²) in [5.74, 6) is -0.712. The number of ether oxygens (including phenoxy) is 2. The molecule has 0 radical (unpaired) electrons. The number of hydrogen-bond donors (Lipinski definition) is 2. The van der Waals surface area contributed by atoms with Crippen molar-refractivity contribution < 1.29 is 24.2 Å². The monoisotopic (exact) mass is 370 g/mol. The maximum Gasteiger partial charge on any atom is 0.335 e. The number of nitrogens with one attached hydrogen (secondary N) is 1. The van der Waals surface area contributed by atoms with Crippen molar-refractivity contribution in [1.82, 2.24) is 4.98 Å². The van der Waals surface area contributed by atoms with Gasteiger partial charge in [-0.2, -0.15) is 0 Å². The second-order valence-corrected chi connectivity index (χ2v) is 6.43. The minimum atomic E-state index is -1.06. The first-order valence-electron chi connectivity index (χ1n) is 8.92. The van der Waals surface area contributed by atoms with Crippen LogP contribution in [0, 0.1) is 0 Å². The molecule has 1 aromatic carbocycles. The predicted octanol–water partition coefficient (Wildman–Crippen LogP) is 3.75. The molecule has 0 bridgehead atoms. The highest BCUT2D eigenvalue weighted by atomic mass is 16.5. The minimum absolute atomic E-state index is 0.0805. The first kappa shape index (κ1) is 18.7. The largest absolute Gasteiger partial charge is 0.495 e. The van der Waals surface area contributed by atoms with Crippen LogP contribution in [0.3, 0.4) is 0 Å². The Balaban J connectivity index is 1.72. The Morgan fingerprint density at radius 3 is 2.59 bits per heavy atom. The number of aromatic carboxylic acids is 1. The maximum absolute atomic E-state index is 12.6. The molecule has 0 unspecified atom stereocenters. The van der Waals surface area contributed by atoms with Gasteiger partial charge in [0.15, 0.2) is 0 Å². The standard InChI is InChI=1S/C20H22N2O5/c1-26-17-11-14(20(24)25)7-8-16(17)22-19(23)13-9-10-21-18(12-13)27-15-5-3-2-4-6-15/h7-12,15H,2-6H2,1H3,(H,22,23)(H,24,25). The molecule has 1 saturated carbocycles. The molecule has 142 valence electrons. The molecule has 3 rings (SSSR count). The summed E-state index contributed by atoms with van der Waals surface area (Å²) >= 11 is 0. The lowest BCUT2D eigenvalue weighted by molar-refractivity contribution is 0.0696. The van der Waals surface area contributed by atoms with E-state index in [1.165, 1.54) is 37.9 Å². The molecule has 1 aliphatic rings. The summed E-state index contributed by atoms with van der Waals surface area (Å²) < 4.78 is 11.1. The van der Waals surface area contributed by atoms with Crippen LogP contribution >= 0.6 is 0 Å². The predicted molar refractivity (Wildman–Crippen MR) is 99.6 cm³/mol. The van der Waals surface area contributed by atoms with E-state index in [4.69, 9.17) is 14.6 Å². The van der Waals surface area contributed by atoms with Crippen molar-refractivity contribution >= 4 is 17.6 Å². The summed E-state index contributed by atoms with van der Waals surface area (Å²) in [4.78, 5) is 27.8. The lowest BCUT2D eigenvalue weighted by atomic mass is 9.98. The van der Waals surface area contributed by atoms with Gasteiger partial charge in [0.05, 0.1) is 18.4 Å². The molecule has 1 amide bonds. The first-order valence-corrected chi connectivity index (χ1v) is 8.92. The molecule has 0 aliphatic heterocycles. The molecular formula is C20H22N2O5. The number of amides is 1. The highest BCUT2D eigenvalue weighted by Gasteiger charge is 2.17. The molecular weight excluding hydrogens is 348 g/mol. The molecule has 0 atom stereocenters. The highest BCUT2D eigenvalue weighted by Crippen LogP contribution is 2.27. The number of carboxylic acid groups (broad SMARTS) is 1. The summed E-state index contributed by atoms with van der Waals surface area (Å²) in [5.41, 5.74) is 0.871. The van der Waals surface area contributed by atoms with Gasteiger partial charge in [-0.25, -0.2) is 9.78 Å². The van der Waals surface area contributed by atoms with Gasteiger partial charge in [-0.05, 0) is 49.9 Å². The van der Waals surface area contributed by atoms with Crippen molar-refractivity contribution in [3.63, 3.8) is 0 Å². The van der Waals surface area contributed by atoms with Crippen molar-refractivity contribution in [2.75, 3.05) is 12.4 Å². The van der Waals surface area contributed by atoms with Gasteiger partial charge in [0, 0.05) is 17.8 Å². The Morgan fingerprint density at radius 2 is 1.89 bits per heavy atom. The van der Waals surface area contributed by atoms with Gasteiger partial charge in [0.1, 0.15) is 11.9 Å². The van der Waals surface area contributed by atoms with Gasteiger partial charge < -0.3 is 19.9 Å². The number of methoxy groups -OCH3 is 1. The number of rotatable bonds is 6. The zero-order valence-electron chi connectivity index (χ0n) is 15.1. The highest BCUT2D eigenvalue weighted by molar-refractivity contribution is 6.05. The Hall–Kier alpha value is -3.09. The lowest BCUT2D eigenvalue weighted by Crippen LogP contribution is -2.20. The molecule has 1 aromatic heterocycles. The van der Waals surface area contributed by atoms with E-state index in [9.17, 15) is 9.59 Å². The van der Waals surface area contributed by atoms with Crippen LogP contribution in [-0.4, -0.2) is 35.2 Å². The fourth-order valence-corrected chi connectivity index (χ4v) is 3.09. The fraction of sp³-hybridized carbons (Fsp3) is 0.350. The number of benzene rings is 1. The number of carbonyl (C=O) groups is 2. The molecule has 1 aliphatic carbocycles. The SMILES string of the molecule is COc1cc(C(=O)O)ccc1NC(=O)c1ccnc(OC2CCCCC2)c1. The van der Waals surface area contributed by atoms with Crippen LogP contribution in [0.25, 0.3) is 0 Å². The van der Waals surface area contributed by atoms with Crippen molar-refractivity contribution in [3.8, 4) is 11.6 Å². The molecule has 1 heterocycles. The van der Waals surface area contributed by atoms with Crippen molar-refractivity contribution in [2.24, 2.45) is 0 Å². The summed E-state index contributed by atoms with van der Waals surface area (Å²) in [6, 6.07) is 7.48. The number of nitrogens with zero attached hydrogens (tertiary/aromatic N) is 1. The Kier molecular flexibility index (Phi) is 5.90. The van der Waals surface area contributed by atoms with Crippen LogP contribution in [0.2, 0.25) is 0 Å². The second kappa shape index (κ2) is 8.53. The van der Waals surface area contributed by atoms with Gasteiger partial charge in [-0.1, -0.05) is 6.42 Å². The number of anilines is 1. The molecule has 2 aromatic rings. The van der Waals surface area contributed by atoms with Crippen LogP contribution in [0.5, 0.6) is 11.6 Å². The van der Waals surface area contributed by atoms with Gasteiger partial charge in [-0.3, -0.25) is 4.79 Å². The van der Waals surface area contributed by atoms with E-state index in [1.807, 2.05) is 0 Å². The molecule has 7 heteroatoms. The maximum atomic E-state index is 12.6. The smallest absolute Gasteiger partial charge is 0.335 e. The average molecular weight is 370 g/mol. The Morgan fingerprint density at radius 1 is 1.11 bits per heavy atom. The zero-order valence-corrected chi connectivity index (χ0v) is 15.1. The Labute approximate surface area is 157 Å². The van der Waals surface area contributed by atoms with Crippen LogP contribution in [0.1, 0.15) is 52.8 Å². The molecule has 2 N–H and O–H groups in total. The van der Waals surface area contributed by atoms with Crippen LogP contribution < -0.4 is 14.8 Å². The third-order valence-corrected chi connectivity index (χ3v) is 4.53. The summed E-state index contributed by atoms with van der Waals surface area (Å²) in [6.07, 6.45) is 7.23. The van der Waals surface area contributed by atoms with E-state index in [-0.39, 0.29) is 23.3 Å². The van der Waals surface area contributed by atoms with E-state index in [0.717, 1.165) is 25.7 Å². The zero-order chi connectivity index (χ0) is 19.2. The van der Waals surface area contributed by atoms with Crippen molar-refractivity contribution in [3.05, 3.63) is 47.7 Å². The number of hydrogen-bond acceptors (Lipinski definition) is 5. The Bertz CT molecular complexity index is 831. The topological polar surface area (TPSA) is 97.8 Å². The van der Waals surface area contributed by atoms with E-state index in [2.05, 4.69) is 10.3 Å². The summed E-state index contributed by atoms with van der Waals surface area (Å²) in [6.45, 7) is 0. The van der Waals surface area contributed by atoms with E-state index in [0.29, 0.717) is 17.1 Å². The third kappa shape index (κ3) is 4.75. The number of pyridine rings is 1. The second-order valence-electron chi connectivity index (χ2n) is 6.43. The van der Waals surface area contributed by atoms with Gasteiger partial charge >= 0.3 is 5.97 Å². The van der Waals surface area contributed by atoms with Crippen molar-refractivity contribution in [1.29, 1.82) is 0 Å². The van der Waals surface area contributed by atoms with Gasteiger partial charge in [-0.15, -0.1) is 0 Å². The first-order chi connectivity index (χ1) is 13.1. The van der Waals surface area contributed by atoms with E-state index >= 15 is 0 Å². The quantitative estimate of drug-likeness (QED) is 0.804. The van der Waals surface area contributed by atoms with Crippen LogP contribution in [0.4, 0.5) is 5.69 Å². The van der Waals surface area contributed by atoms with Crippen LogP contribution in [-0.2, 0) is 0 Å². The van der Waals surface area contributed by atoms with E-state index < -0.39 is 5.97 Å². The van der Waals surface area contributed by atoms with Gasteiger partial charge in [0.25, 0.3) is 5.91 Å². The van der Waals surface area contributed by atoms with Crippen LogP contribution in [0.15, 0.2) is 36.5 Å². The summed E-state index contributed by atoms with van der Waals surface area (Å²) in [7, 11) is 1.42. The van der Waals surface area contributed by atoms with Crippen molar-refractivity contribution in [2.45, 2.75) is 38.2 Å². The average Bonchev–Trinajstić information content (AvgIpc) is 2.69.